The molecule has 0 heterocycles. The number of carbonyl (C=O) groups excluding carboxylic acids is 1. The summed E-state index contributed by atoms with van der Waals surface area (Å²) in [4.78, 5) is 21.2. The summed E-state index contributed by atoms with van der Waals surface area (Å²) in [7, 11) is 0. The number of aliphatic hydroxyl groups excluding tert-OH is 2. The highest BCUT2D eigenvalue weighted by Crippen LogP contribution is 2.02. The van der Waals surface area contributed by atoms with Crippen LogP contribution in [-0.2, 0) is 14.3 Å². The molecule has 0 aromatic rings. The van der Waals surface area contributed by atoms with Crippen molar-refractivity contribution in [2.24, 2.45) is 0 Å². The van der Waals surface area contributed by atoms with Gasteiger partial charge >= 0.3 is 11.9 Å². The molecule has 0 aliphatic carbocycles. The summed E-state index contributed by atoms with van der Waals surface area (Å²) in [6.07, 6.45) is 0.421. The third-order valence-electron chi connectivity index (χ3n) is 1.92. The minimum atomic E-state index is -0.883. The zero-order valence-electron chi connectivity index (χ0n) is 9.09. The molecule has 0 aliphatic heterocycles. The molecule has 0 saturated heterocycles. The van der Waals surface area contributed by atoms with Crippen molar-refractivity contribution in [2.75, 3.05) is 13.2 Å². The number of carboxylic acids is 1. The molecule has 0 bridgehead atoms. The maximum absolute atomic E-state index is 11.1. The molecule has 0 aromatic carbocycles. The van der Waals surface area contributed by atoms with Crippen molar-refractivity contribution in [1.29, 1.82) is 0 Å². The second-order valence-corrected chi connectivity index (χ2v) is 3.45. The smallest absolute Gasteiger partial charge is 0.305 e. The van der Waals surface area contributed by atoms with Crippen LogP contribution in [0.2, 0.25) is 0 Å². The molecule has 1 atom stereocenters. The van der Waals surface area contributed by atoms with E-state index < -0.39 is 18.0 Å². The summed E-state index contributed by atoms with van der Waals surface area (Å²) in [6, 6.07) is 0. The number of carboxylic acid groups (broad SMARTS) is 1. The molecule has 0 aliphatic rings. The first-order chi connectivity index (χ1) is 7.56. The molecule has 0 spiro atoms. The van der Waals surface area contributed by atoms with Crippen LogP contribution in [0, 0.1) is 0 Å². The fraction of sp³-hybridized carbons (Fsp3) is 0.800. The second kappa shape index (κ2) is 9.11. The largest absolute Gasteiger partial charge is 0.481 e. The van der Waals surface area contributed by atoms with Crippen LogP contribution in [0.1, 0.15) is 32.1 Å². The van der Waals surface area contributed by atoms with Crippen molar-refractivity contribution in [3.63, 3.8) is 0 Å². The van der Waals surface area contributed by atoms with E-state index >= 15 is 0 Å². The summed E-state index contributed by atoms with van der Waals surface area (Å²) in [5, 5.41) is 25.9. The summed E-state index contributed by atoms with van der Waals surface area (Å²) in [5.41, 5.74) is 0. The molecule has 0 rings (SSSR count). The third-order valence-corrected chi connectivity index (χ3v) is 1.92. The van der Waals surface area contributed by atoms with Gasteiger partial charge in [-0.05, 0) is 19.3 Å². The first-order valence-corrected chi connectivity index (χ1v) is 5.22. The Morgan fingerprint density at radius 1 is 1.19 bits per heavy atom. The molecule has 0 fully saturated rings. The van der Waals surface area contributed by atoms with E-state index in [0.29, 0.717) is 12.8 Å². The van der Waals surface area contributed by atoms with Gasteiger partial charge in [0.2, 0.25) is 0 Å². The Balaban J connectivity index is 3.41. The van der Waals surface area contributed by atoms with Gasteiger partial charge < -0.3 is 20.1 Å². The summed E-state index contributed by atoms with van der Waals surface area (Å²) in [6.45, 7) is -0.282. The van der Waals surface area contributed by atoms with Gasteiger partial charge in [0.05, 0.1) is 6.10 Å². The first kappa shape index (κ1) is 14.9. The number of carbonyl (C=O) groups is 2. The monoisotopic (exact) mass is 234 g/mol. The topological polar surface area (TPSA) is 104 Å². The average Bonchev–Trinajstić information content (AvgIpc) is 2.22. The summed E-state index contributed by atoms with van der Waals surface area (Å²) >= 11 is 0. The van der Waals surface area contributed by atoms with Crippen LogP contribution in [0.4, 0.5) is 0 Å². The number of unbranched alkanes of at least 4 members (excludes halogenated alkanes) is 1. The summed E-state index contributed by atoms with van der Waals surface area (Å²) < 4.78 is 4.72. The first-order valence-electron chi connectivity index (χ1n) is 5.22. The van der Waals surface area contributed by atoms with Crippen LogP contribution in [0.3, 0.4) is 0 Å². The lowest BCUT2D eigenvalue weighted by Gasteiger charge is -2.09. The predicted octanol–water partition coefficient (Wildman–Crippen LogP) is -0.0821. The molecule has 16 heavy (non-hydrogen) atoms. The Morgan fingerprint density at radius 3 is 2.38 bits per heavy atom. The van der Waals surface area contributed by atoms with Gasteiger partial charge in [0.25, 0.3) is 0 Å². The maximum Gasteiger partial charge on any atom is 0.305 e. The molecule has 0 saturated carbocycles. The normalized spacial score (nSPS) is 12.1. The minimum absolute atomic E-state index is 0.0421. The maximum atomic E-state index is 11.1. The van der Waals surface area contributed by atoms with Crippen LogP contribution < -0.4 is 0 Å². The van der Waals surface area contributed by atoms with E-state index in [2.05, 4.69) is 0 Å². The van der Waals surface area contributed by atoms with E-state index in [-0.39, 0.29) is 32.5 Å². The molecule has 0 radical (unpaired) electrons. The van der Waals surface area contributed by atoms with Gasteiger partial charge in [0, 0.05) is 19.4 Å². The number of aliphatic carboxylic acids is 1. The molecule has 6 heteroatoms. The number of hydrogen-bond acceptors (Lipinski definition) is 5. The molecule has 94 valence electrons. The highest BCUT2D eigenvalue weighted by molar-refractivity contribution is 5.69. The fourth-order valence-electron chi connectivity index (χ4n) is 1.04. The highest BCUT2D eigenvalue weighted by Gasteiger charge is 2.08. The lowest BCUT2D eigenvalue weighted by Crippen LogP contribution is -2.19. The molecule has 0 aromatic heterocycles. The quantitative estimate of drug-likeness (QED) is 0.380. The Bertz CT molecular complexity index is 215. The van der Waals surface area contributed by atoms with E-state index in [0.717, 1.165) is 0 Å². The standard InChI is InChI=1S/C10H18O6/c11-6-5-8(12)7-16-10(15)4-2-1-3-9(13)14/h8,11-12H,1-7H2,(H,13,14). The van der Waals surface area contributed by atoms with Gasteiger partial charge in [-0.25, -0.2) is 0 Å². The Kier molecular flexibility index (Phi) is 8.46. The van der Waals surface area contributed by atoms with Gasteiger partial charge in [0.1, 0.15) is 6.61 Å². The molecule has 3 N–H and O–H groups in total. The van der Waals surface area contributed by atoms with E-state index in [1.165, 1.54) is 0 Å². The van der Waals surface area contributed by atoms with E-state index in [4.69, 9.17) is 20.1 Å². The van der Waals surface area contributed by atoms with Crippen molar-refractivity contribution in [2.45, 2.75) is 38.2 Å². The molecule has 0 amide bonds. The van der Waals surface area contributed by atoms with E-state index in [1.807, 2.05) is 0 Å². The average molecular weight is 234 g/mol. The second-order valence-electron chi connectivity index (χ2n) is 3.45. The molecular formula is C10H18O6. The number of hydrogen-bond donors (Lipinski definition) is 3. The van der Waals surface area contributed by atoms with E-state index in [1.54, 1.807) is 0 Å². The molecule has 6 nitrogen and oxygen atoms in total. The highest BCUT2D eigenvalue weighted by atomic mass is 16.5. The van der Waals surface area contributed by atoms with Crippen molar-refractivity contribution in [1.82, 2.24) is 0 Å². The minimum Gasteiger partial charge on any atom is -0.481 e. The molecular weight excluding hydrogens is 216 g/mol. The van der Waals surface area contributed by atoms with Crippen LogP contribution in [-0.4, -0.2) is 46.6 Å². The van der Waals surface area contributed by atoms with Gasteiger partial charge in [-0.15, -0.1) is 0 Å². The summed E-state index contributed by atoms with van der Waals surface area (Å²) in [5.74, 6) is -1.34. The predicted molar refractivity (Wildman–Crippen MR) is 54.8 cm³/mol. The third kappa shape index (κ3) is 9.42. The van der Waals surface area contributed by atoms with Gasteiger partial charge in [0.15, 0.2) is 0 Å². The van der Waals surface area contributed by atoms with Crippen molar-refractivity contribution in [3.05, 3.63) is 0 Å². The zero-order chi connectivity index (χ0) is 12.4. The number of esters is 1. The van der Waals surface area contributed by atoms with E-state index in [9.17, 15) is 9.59 Å². The van der Waals surface area contributed by atoms with Gasteiger partial charge in [-0.2, -0.15) is 0 Å². The Labute approximate surface area is 93.8 Å². The Hall–Kier alpha value is -1.14. The Morgan fingerprint density at radius 2 is 1.81 bits per heavy atom. The zero-order valence-corrected chi connectivity index (χ0v) is 9.09. The van der Waals surface area contributed by atoms with Crippen molar-refractivity contribution < 1.29 is 29.6 Å². The SMILES string of the molecule is O=C(O)CCCCC(=O)OCC(O)CCO. The van der Waals surface area contributed by atoms with Gasteiger partial charge in [-0.3, -0.25) is 9.59 Å². The number of ether oxygens (including phenoxy) is 1. The van der Waals surface area contributed by atoms with Crippen LogP contribution in [0.5, 0.6) is 0 Å². The number of aliphatic hydroxyl groups is 2. The lowest BCUT2D eigenvalue weighted by atomic mass is 10.2. The fourth-order valence-corrected chi connectivity index (χ4v) is 1.04. The van der Waals surface area contributed by atoms with Gasteiger partial charge in [-0.1, -0.05) is 0 Å². The van der Waals surface area contributed by atoms with Crippen LogP contribution >= 0.6 is 0 Å². The van der Waals surface area contributed by atoms with Crippen molar-refractivity contribution in [3.8, 4) is 0 Å². The lowest BCUT2D eigenvalue weighted by molar-refractivity contribution is -0.147. The van der Waals surface area contributed by atoms with Crippen LogP contribution in [0.25, 0.3) is 0 Å². The van der Waals surface area contributed by atoms with Crippen LogP contribution in [0.15, 0.2) is 0 Å². The molecule has 1 unspecified atom stereocenters. The van der Waals surface area contributed by atoms with Crippen molar-refractivity contribution >= 4 is 11.9 Å². The number of rotatable bonds is 9.